The molecule has 0 aromatic rings. The Labute approximate surface area is 130 Å². The van der Waals surface area contributed by atoms with Crippen LogP contribution in [0.25, 0.3) is 0 Å². The zero-order chi connectivity index (χ0) is 16.1. The van der Waals surface area contributed by atoms with Gasteiger partial charge in [-0.25, -0.2) is 8.42 Å². The van der Waals surface area contributed by atoms with E-state index in [1.807, 2.05) is 0 Å². The molecule has 1 N–H and O–H groups in total. The van der Waals surface area contributed by atoms with E-state index < -0.39 is 14.6 Å². The fourth-order valence-electron chi connectivity index (χ4n) is 2.62. The van der Waals surface area contributed by atoms with Gasteiger partial charge < -0.3 is 10.1 Å². The smallest absolute Gasteiger partial charge is 0.155 e. The fraction of sp³-hybridized carbons (Fsp3) is 1.00. The molecule has 0 aromatic carbocycles. The second-order valence-electron chi connectivity index (χ2n) is 7.86. The third-order valence-electron chi connectivity index (χ3n) is 4.29. The first kappa shape index (κ1) is 18.9. The van der Waals surface area contributed by atoms with E-state index in [9.17, 15) is 8.42 Å². The van der Waals surface area contributed by atoms with Crippen molar-refractivity contribution in [2.45, 2.75) is 58.6 Å². The Balaban J connectivity index is 2.66. The summed E-state index contributed by atoms with van der Waals surface area (Å²) in [7, 11) is -3.06. The van der Waals surface area contributed by atoms with Gasteiger partial charge >= 0.3 is 0 Å². The van der Waals surface area contributed by atoms with E-state index in [1.54, 1.807) is 20.8 Å². The largest absolute Gasteiger partial charge is 0.381 e. The van der Waals surface area contributed by atoms with Gasteiger partial charge in [0.25, 0.3) is 0 Å². The summed E-state index contributed by atoms with van der Waals surface area (Å²) in [5.41, 5.74) is -0.0224. The molecule has 1 saturated heterocycles. The van der Waals surface area contributed by atoms with E-state index in [0.717, 1.165) is 32.5 Å². The highest BCUT2D eigenvalue weighted by Crippen LogP contribution is 2.33. The quantitative estimate of drug-likeness (QED) is 0.784. The molecule has 1 unspecified atom stereocenters. The van der Waals surface area contributed by atoms with Crippen LogP contribution in [0, 0.1) is 11.3 Å². The average molecular weight is 320 g/mol. The minimum absolute atomic E-state index is 0.0224. The first-order valence-electron chi connectivity index (χ1n) is 8.09. The van der Waals surface area contributed by atoms with Crippen LogP contribution in [0.5, 0.6) is 0 Å². The van der Waals surface area contributed by atoms with Crippen molar-refractivity contribution in [3.8, 4) is 0 Å². The minimum Gasteiger partial charge on any atom is -0.381 e. The third kappa shape index (κ3) is 5.87. The maximum Gasteiger partial charge on any atom is 0.155 e. The molecular formula is C16H33NO3S. The van der Waals surface area contributed by atoms with Crippen LogP contribution >= 0.6 is 0 Å². The van der Waals surface area contributed by atoms with Gasteiger partial charge in [-0.2, -0.15) is 0 Å². The molecule has 0 amide bonds. The topological polar surface area (TPSA) is 55.4 Å². The molecule has 0 aliphatic carbocycles. The van der Waals surface area contributed by atoms with Crippen molar-refractivity contribution in [1.29, 1.82) is 0 Å². The molecule has 21 heavy (non-hydrogen) atoms. The highest BCUT2D eigenvalue weighted by Gasteiger charge is 2.36. The number of sulfone groups is 1. The lowest BCUT2D eigenvalue weighted by Gasteiger charge is -2.38. The summed E-state index contributed by atoms with van der Waals surface area (Å²) in [6, 6.07) is 0. The summed E-state index contributed by atoms with van der Waals surface area (Å²) >= 11 is 0. The van der Waals surface area contributed by atoms with E-state index in [-0.39, 0.29) is 11.2 Å². The molecule has 0 spiro atoms. The molecule has 1 heterocycles. The van der Waals surface area contributed by atoms with Crippen molar-refractivity contribution >= 4 is 9.84 Å². The van der Waals surface area contributed by atoms with Crippen molar-refractivity contribution in [3.05, 3.63) is 0 Å². The lowest BCUT2D eigenvalue weighted by molar-refractivity contribution is -0.00921. The molecule has 5 heteroatoms. The van der Waals surface area contributed by atoms with Crippen molar-refractivity contribution in [3.63, 3.8) is 0 Å². The van der Waals surface area contributed by atoms with E-state index in [4.69, 9.17) is 4.74 Å². The van der Waals surface area contributed by atoms with Gasteiger partial charge in [0.15, 0.2) is 9.84 Å². The number of ether oxygens (including phenoxy) is 1. The van der Waals surface area contributed by atoms with Crippen LogP contribution in [-0.4, -0.2) is 45.2 Å². The molecule has 0 radical (unpaired) electrons. The molecule has 1 atom stereocenters. The maximum absolute atomic E-state index is 12.4. The zero-order valence-corrected chi connectivity index (χ0v) is 15.2. The molecule has 1 rings (SSSR count). The van der Waals surface area contributed by atoms with Crippen LogP contribution in [0.2, 0.25) is 0 Å². The number of hydrogen-bond donors (Lipinski definition) is 1. The highest BCUT2D eigenvalue weighted by atomic mass is 32.2. The normalized spacial score (nSPS) is 24.5. The molecule has 1 aliphatic rings. The molecule has 4 nitrogen and oxygen atoms in total. The molecule has 0 bridgehead atoms. The molecule has 0 aromatic heterocycles. The Hall–Kier alpha value is -0.130. The van der Waals surface area contributed by atoms with Gasteiger partial charge in [0.1, 0.15) is 0 Å². The Morgan fingerprint density at radius 2 is 1.95 bits per heavy atom. The SMILES string of the molecule is CC(C)CNCC1(CCS(=O)(=O)C(C)(C)C)CCCOC1. The number of hydrogen-bond acceptors (Lipinski definition) is 4. The predicted octanol–water partition coefficient (Wildman–Crippen LogP) is 2.63. The average Bonchev–Trinajstić information content (AvgIpc) is 2.36. The molecule has 1 fully saturated rings. The van der Waals surface area contributed by atoms with Gasteiger partial charge in [-0.05, 0) is 52.5 Å². The number of rotatable bonds is 7. The van der Waals surface area contributed by atoms with Crippen molar-refractivity contribution in [2.75, 3.05) is 32.1 Å². The van der Waals surface area contributed by atoms with E-state index in [0.29, 0.717) is 18.9 Å². The van der Waals surface area contributed by atoms with Gasteiger partial charge in [-0.15, -0.1) is 0 Å². The first-order chi connectivity index (χ1) is 9.58. The van der Waals surface area contributed by atoms with Crippen LogP contribution in [0.4, 0.5) is 0 Å². The standard InChI is InChI=1S/C16H33NO3S/c1-14(2)11-17-12-16(7-6-9-20-13-16)8-10-21(18,19)15(3,4)5/h14,17H,6-13H2,1-5H3. The lowest BCUT2D eigenvalue weighted by atomic mass is 9.80. The summed E-state index contributed by atoms with van der Waals surface area (Å²) in [6.07, 6.45) is 2.77. The van der Waals surface area contributed by atoms with E-state index >= 15 is 0 Å². The Kier molecular flexibility index (Phi) is 6.69. The van der Waals surface area contributed by atoms with Crippen LogP contribution in [0.1, 0.15) is 53.9 Å². The molecule has 126 valence electrons. The van der Waals surface area contributed by atoms with E-state index in [2.05, 4.69) is 19.2 Å². The zero-order valence-electron chi connectivity index (χ0n) is 14.4. The lowest BCUT2D eigenvalue weighted by Crippen LogP contribution is -2.44. The fourth-order valence-corrected chi connectivity index (χ4v) is 3.93. The Morgan fingerprint density at radius 3 is 2.43 bits per heavy atom. The highest BCUT2D eigenvalue weighted by molar-refractivity contribution is 7.92. The summed E-state index contributed by atoms with van der Waals surface area (Å²) in [4.78, 5) is 0. The van der Waals surface area contributed by atoms with Gasteiger partial charge in [-0.1, -0.05) is 13.8 Å². The van der Waals surface area contributed by atoms with Crippen LogP contribution in [0.3, 0.4) is 0 Å². The van der Waals surface area contributed by atoms with Gasteiger partial charge in [0.05, 0.1) is 17.1 Å². The van der Waals surface area contributed by atoms with Crippen molar-refractivity contribution in [1.82, 2.24) is 5.32 Å². The maximum atomic E-state index is 12.4. The molecular weight excluding hydrogens is 286 g/mol. The van der Waals surface area contributed by atoms with Gasteiger partial charge in [0, 0.05) is 18.6 Å². The van der Waals surface area contributed by atoms with Crippen LogP contribution in [0.15, 0.2) is 0 Å². The number of nitrogens with one attached hydrogen (secondary N) is 1. The van der Waals surface area contributed by atoms with Gasteiger partial charge in [-0.3, -0.25) is 0 Å². The van der Waals surface area contributed by atoms with Crippen molar-refractivity contribution < 1.29 is 13.2 Å². The Morgan fingerprint density at radius 1 is 1.29 bits per heavy atom. The minimum atomic E-state index is -3.06. The van der Waals surface area contributed by atoms with Crippen LogP contribution < -0.4 is 5.32 Å². The first-order valence-corrected chi connectivity index (χ1v) is 9.74. The second-order valence-corrected chi connectivity index (χ2v) is 10.7. The monoisotopic (exact) mass is 319 g/mol. The molecule has 1 aliphatic heterocycles. The third-order valence-corrected chi connectivity index (χ3v) is 6.90. The summed E-state index contributed by atoms with van der Waals surface area (Å²) in [5.74, 6) is 0.855. The van der Waals surface area contributed by atoms with E-state index in [1.165, 1.54) is 0 Å². The van der Waals surface area contributed by atoms with Crippen LogP contribution in [-0.2, 0) is 14.6 Å². The van der Waals surface area contributed by atoms with Gasteiger partial charge in [0.2, 0.25) is 0 Å². The summed E-state index contributed by atoms with van der Waals surface area (Å²) in [5, 5.41) is 3.50. The summed E-state index contributed by atoms with van der Waals surface area (Å²) in [6.45, 7) is 13.0. The second kappa shape index (κ2) is 7.42. The molecule has 0 saturated carbocycles. The Bertz CT molecular complexity index is 404. The predicted molar refractivity (Wildman–Crippen MR) is 88.4 cm³/mol. The summed E-state index contributed by atoms with van der Waals surface area (Å²) < 4.78 is 29.7. The van der Waals surface area contributed by atoms with Crippen molar-refractivity contribution in [2.24, 2.45) is 11.3 Å².